The summed E-state index contributed by atoms with van der Waals surface area (Å²) in [4.78, 5) is 28.7. The number of rotatable bonds is 6. The number of nitrogens with one attached hydrogen (secondary N) is 2. The number of unbranched alkanes of at least 4 members (excludes halogenated alkanes) is 1. The quantitative estimate of drug-likeness (QED) is 0.645. The second-order valence-electron chi connectivity index (χ2n) is 6.12. The van der Waals surface area contributed by atoms with E-state index in [1.54, 1.807) is 24.3 Å². The Labute approximate surface area is 156 Å². The zero-order valence-corrected chi connectivity index (χ0v) is 15.7. The molecule has 0 saturated heterocycles. The van der Waals surface area contributed by atoms with E-state index in [-0.39, 0.29) is 11.8 Å². The Morgan fingerprint density at radius 2 is 1.85 bits per heavy atom. The summed E-state index contributed by atoms with van der Waals surface area (Å²) in [5.74, 6) is -0.223. The fraction of sp³-hybridized carbons (Fsp3) is 0.250. The summed E-state index contributed by atoms with van der Waals surface area (Å²) in [5, 5.41) is 6.26. The SMILES string of the molecule is CCCCC(=O)Nc1ccc(C(=O)Nc2nc3c(C)cccc3s2)cc1. The molecular formula is C20H21N3O2S. The van der Waals surface area contributed by atoms with Gasteiger partial charge in [0, 0.05) is 17.7 Å². The number of carbonyl (C=O) groups is 2. The molecule has 2 aromatic carbocycles. The summed E-state index contributed by atoms with van der Waals surface area (Å²) >= 11 is 1.45. The Balaban J connectivity index is 1.65. The van der Waals surface area contributed by atoms with Crippen LogP contribution in [-0.4, -0.2) is 16.8 Å². The number of para-hydroxylation sites is 1. The van der Waals surface area contributed by atoms with E-state index in [9.17, 15) is 9.59 Å². The molecule has 0 unspecified atom stereocenters. The molecule has 0 radical (unpaired) electrons. The third-order valence-corrected chi connectivity index (χ3v) is 4.97. The van der Waals surface area contributed by atoms with E-state index < -0.39 is 0 Å². The van der Waals surface area contributed by atoms with Crippen LogP contribution in [0.5, 0.6) is 0 Å². The van der Waals surface area contributed by atoms with Gasteiger partial charge in [0.25, 0.3) is 5.91 Å². The van der Waals surface area contributed by atoms with Crippen molar-refractivity contribution < 1.29 is 9.59 Å². The highest BCUT2D eigenvalue weighted by molar-refractivity contribution is 7.22. The predicted molar refractivity (Wildman–Crippen MR) is 107 cm³/mol. The minimum atomic E-state index is -0.217. The van der Waals surface area contributed by atoms with Gasteiger partial charge in [-0.3, -0.25) is 14.9 Å². The van der Waals surface area contributed by atoms with Crippen molar-refractivity contribution in [2.75, 3.05) is 10.6 Å². The van der Waals surface area contributed by atoms with E-state index in [1.807, 2.05) is 32.0 Å². The number of aryl methyl sites for hydroxylation is 1. The lowest BCUT2D eigenvalue weighted by Gasteiger charge is -2.06. The highest BCUT2D eigenvalue weighted by Gasteiger charge is 2.11. The van der Waals surface area contributed by atoms with Crippen molar-refractivity contribution in [2.45, 2.75) is 33.1 Å². The number of nitrogens with zero attached hydrogens (tertiary/aromatic N) is 1. The van der Waals surface area contributed by atoms with Gasteiger partial charge in [0.05, 0.1) is 10.2 Å². The minimum Gasteiger partial charge on any atom is -0.326 e. The number of anilines is 2. The summed E-state index contributed by atoms with van der Waals surface area (Å²) in [7, 11) is 0. The van der Waals surface area contributed by atoms with E-state index in [1.165, 1.54) is 11.3 Å². The molecule has 0 aliphatic carbocycles. The molecule has 1 heterocycles. The molecule has 6 heteroatoms. The molecule has 3 rings (SSSR count). The van der Waals surface area contributed by atoms with E-state index in [4.69, 9.17) is 0 Å². The second kappa shape index (κ2) is 8.10. The van der Waals surface area contributed by atoms with Crippen molar-refractivity contribution in [3.63, 3.8) is 0 Å². The van der Waals surface area contributed by atoms with Gasteiger partial charge in [-0.2, -0.15) is 0 Å². The van der Waals surface area contributed by atoms with Crippen molar-refractivity contribution in [1.29, 1.82) is 0 Å². The molecule has 2 amide bonds. The molecule has 0 atom stereocenters. The van der Waals surface area contributed by atoms with Crippen LogP contribution in [0.3, 0.4) is 0 Å². The van der Waals surface area contributed by atoms with Crippen LogP contribution in [0.1, 0.15) is 42.1 Å². The van der Waals surface area contributed by atoms with Crippen molar-refractivity contribution in [1.82, 2.24) is 4.98 Å². The van der Waals surface area contributed by atoms with Crippen LogP contribution in [0.25, 0.3) is 10.2 Å². The smallest absolute Gasteiger partial charge is 0.257 e. The van der Waals surface area contributed by atoms with Gasteiger partial charge in [0.2, 0.25) is 5.91 Å². The number of aromatic nitrogens is 1. The van der Waals surface area contributed by atoms with Gasteiger partial charge >= 0.3 is 0 Å². The van der Waals surface area contributed by atoms with Crippen LogP contribution >= 0.6 is 11.3 Å². The van der Waals surface area contributed by atoms with E-state index in [0.29, 0.717) is 22.8 Å². The monoisotopic (exact) mass is 367 g/mol. The predicted octanol–water partition coefficient (Wildman–Crippen LogP) is 4.99. The van der Waals surface area contributed by atoms with Gasteiger partial charge in [-0.1, -0.05) is 36.8 Å². The third-order valence-electron chi connectivity index (χ3n) is 4.03. The summed E-state index contributed by atoms with van der Waals surface area (Å²) in [6.07, 6.45) is 2.36. The average molecular weight is 367 g/mol. The number of hydrogen-bond acceptors (Lipinski definition) is 4. The van der Waals surface area contributed by atoms with Gasteiger partial charge in [-0.05, 0) is 49.2 Å². The number of carbonyl (C=O) groups excluding carboxylic acids is 2. The molecular weight excluding hydrogens is 346 g/mol. The number of fused-ring (bicyclic) bond motifs is 1. The fourth-order valence-corrected chi connectivity index (χ4v) is 3.51. The molecule has 0 spiro atoms. The Morgan fingerprint density at radius 1 is 1.08 bits per heavy atom. The first-order valence-corrected chi connectivity index (χ1v) is 9.46. The van der Waals surface area contributed by atoms with Gasteiger partial charge in [0.1, 0.15) is 0 Å². The van der Waals surface area contributed by atoms with Gasteiger partial charge in [-0.25, -0.2) is 4.98 Å². The summed E-state index contributed by atoms with van der Waals surface area (Å²) in [6.45, 7) is 4.05. The van der Waals surface area contributed by atoms with Crippen LogP contribution in [0, 0.1) is 6.92 Å². The molecule has 134 valence electrons. The van der Waals surface area contributed by atoms with Crippen molar-refractivity contribution in [3.8, 4) is 0 Å². The molecule has 5 nitrogen and oxygen atoms in total. The van der Waals surface area contributed by atoms with Gasteiger partial charge in [-0.15, -0.1) is 0 Å². The Kier molecular flexibility index (Phi) is 5.63. The molecule has 0 aliphatic heterocycles. The van der Waals surface area contributed by atoms with E-state index in [2.05, 4.69) is 15.6 Å². The first kappa shape index (κ1) is 18.1. The normalized spacial score (nSPS) is 10.7. The highest BCUT2D eigenvalue weighted by atomic mass is 32.1. The maximum Gasteiger partial charge on any atom is 0.257 e. The van der Waals surface area contributed by atoms with Crippen molar-refractivity contribution in [3.05, 3.63) is 53.6 Å². The topological polar surface area (TPSA) is 71.1 Å². The Bertz CT molecular complexity index is 932. The van der Waals surface area contributed by atoms with Gasteiger partial charge in [0.15, 0.2) is 5.13 Å². The number of thiazole rings is 1. The van der Waals surface area contributed by atoms with Crippen LogP contribution in [0.4, 0.5) is 10.8 Å². The first-order valence-electron chi connectivity index (χ1n) is 8.64. The van der Waals surface area contributed by atoms with E-state index in [0.717, 1.165) is 28.6 Å². The minimum absolute atomic E-state index is 0.00565. The van der Waals surface area contributed by atoms with Crippen molar-refractivity contribution in [2.24, 2.45) is 0 Å². The molecule has 0 bridgehead atoms. The lowest BCUT2D eigenvalue weighted by atomic mass is 10.2. The van der Waals surface area contributed by atoms with Crippen LogP contribution in [0.15, 0.2) is 42.5 Å². The standard InChI is InChI=1S/C20H21N3O2S/c1-3-4-8-17(24)21-15-11-9-14(10-12-15)19(25)23-20-22-18-13(2)6-5-7-16(18)26-20/h5-7,9-12H,3-4,8H2,1-2H3,(H,21,24)(H,22,23,25). The van der Waals surface area contributed by atoms with Crippen LogP contribution in [0.2, 0.25) is 0 Å². The summed E-state index contributed by atoms with van der Waals surface area (Å²) < 4.78 is 1.05. The maximum absolute atomic E-state index is 12.4. The fourth-order valence-electron chi connectivity index (χ4n) is 2.57. The Hall–Kier alpha value is -2.73. The maximum atomic E-state index is 12.4. The number of benzene rings is 2. The largest absolute Gasteiger partial charge is 0.326 e. The lowest BCUT2D eigenvalue weighted by Crippen LogP contribution is -2.13. The number of hydrogen-bond donors (Lipinski definition) is 2. The summed E-state index contributed by atoms with van der Waals surface area (Å²) in [5.41, 5.74) is 3.21. The summed E-state index contributed by atoms with van der Waals surface area (Å²) in [6, 6.07) is 12.8. The number of amides is 2. The van der Waals surface area contributed by atoms with E-state index >= 15 is 0 Å². The zero-order valence-electron chi connectivity index (χ0n) is 14.8. The average Bonchev–Trinajstić information content (AvgIpc) is 3.04. The van der Waals surface area contributed by atoms with Crippen LogP contribution < -0.4 is 10.6 Å². The zero-order chi connectivity index (χ0) is 18.5. The highest BCUT2D eigenvalue weighted by Crippen LogP contribution is 2.28. The molecule has 0 fully saturated rings. The first-order chi connectivity index (χ1) is 12.6. The van der Waals surface area contributed by atoms with Gasteiger partial charge < -0.3 is 5.32 Å². The molecule has 26 heavy (non-hydrogen) atoms. The molecule has 0 saturated carbocycles. The Morgan fingerprint density at radius 3 is 2.54 bits per heavy atom. The molecule has 0 aliphatic rings. The van der Waals surface area contributed by atoms with Crippen molar-refractivity contribution >= 4 is 44.2 Å². The lowest BCUT2D eigenvalue weighted by molar-refractivity contribution is -0.116. The molecule has 2 N–H and O–H groups in total. The second-order valence-corrected chi connectivity index (χ2v) is 7.15. The third kappa shape index (κ3) is 4.26. The molecule has 1 aromatic heterocycles. The van der Waals surface area contributed by atoms with Crippen LogP contribution in [-0.2, 0) is 4.79 Å². The molecule has 3 aromatic rings.